The number of fused-ring (bicyclic) bond motifs is 1. The van der Waals surface area contributed by atoms with Gasteiger partial charge in [-0.25, -0.2) is 0 Å². The molecule has 2 N–H and O–H groups in total. The fourth-order valence-corrected chi connectivity index (χ4v) is 1.73. The van der Waals surface area contributed by atoms with Crippen molar-refractivity contribution in [3.63, 3.8) is 0 Å². The van der Waals surface area contributed by atoms with Crippen LogP contribution in [0, 0.1) is 0 Å². The molecule has 0 radical (unpaired) electrons. The Morgan fingerprint density at radius 1 is 1.24 bits per heavy atom. The van der Waals surface area contributed by atoms with Gasteiger partial charge in [0.1, 0.15) is 0 Å². The molecule has 17 heavy (non-hydrogen) atoms. The van der Waals surface area contributed by atoms with E-state index in [2.05, 4.69) is 23.7 Å². The van der Waals surface area contributed by atoms with Crippen LogP contribution in [0.2, 0.25) is 0 Å². The lowest BCUT2D eigenvalue weighted by Crippen LogP contribution is -2.11. The molecule has 3 heteroatoms. The summed E-state index contributed by atoms with van der Waals surface area (Å²) in [5.41, 5.74) is 8.03. The lowest BCUT2D eigenvalue weighted by molar-refractivity contribution is 0.645. The zero-order valence-electron chi connectivity index (χ0n) is 9.67. The molecule has 0 aliphatic heterocycles. The van der Waals surface area contributed by atoms with E-state index in [1.54, 1.807) is 0 Å². The van der Waals surface area contributed by atoms with Crippen molar-refractivity contribution in [2.24, 2.45) is 5.73 Å². The number of allylic oxidation sites excluding steroid dienone is 1. The van der Waals surface area contributed by atoms with Crippen LogP contribution in [0.4, 0.5) is 0 Å². The maximum Gasteiger partial charge on any atom is 0.0706 e. The highest BCUT2D eigenvalue weighted by molar-refractivity contribution is 5.85. The van der Waals surface area contributed by atoms with Gasteiger partial charge in [-0.05, 0) is 25.0 Å². The molecule has 0 unspecified atom stereocenters. The van der Waals surface area contributed by atoms with Gasteiger partial charge in [0, 0.05) is 11.4 Å². The number of rotatable bonds is 4. The highest BCUT2D eigenvalue weighted by Gasteiger charge is 2.06. The second-order valence-electron chi connectivity index (χ2n) is 3.90. The van der Waals surface area contributed by atoms with Crippen LogP contribution in [0.5, 0.6) is 0 Å². The van der Waals surface area contributed by atoms with Crippen molar-refractivity contribution in [3.05, 3.63) is 54.7 Å². The van der Waals surface area contributed by atoms with Crippen LogP contribution in [0.15, 0.2) is 49.1 Å². The van der Waals surface area contributed by atoms with E-state index >= 15 is 0 Å². The van der Waals surface area contributed by atoms with E-state index in [0.29, 0.717) is 0 Å². The number of para-hydroxylation sites is 1. The number of pyridine rings is 1. The molecule has 0 spiro atoms. The molecule has 0 saturated heterocycles. The average molecular weight is 249 g/mol. The molecule has 1 aromatic carbocycles. The van der Waals surface area contributed by atoms with Crippen LogP contribution in [0.25, 0.3) is 10.9 Å². The molecule has 1 heterocycles. The van der Waals surface area contributed by atoms with Crippen molar-refractivity contribution in [2.45, 2.75) is 18.9 Å². The molecule has 0 saturated carbocycles. The summed E-state index contributed by atoms with van der Waals surface area (Å²) < 4.78 is 0. The Kier molecular flexibility index (Phi) is 5.13. The first kappa shape index (κ1) is 13.7. The molecule has 1 aromatic heterocycles. The molecule has 90 valence electrons. The smallest absolute Gasteiger partial charge is 0.0706 e. The van der Waals surface area contributed by atoms with Crippen molar-refractivity contribution in [1.82, 2.24) is 4.98 Å². The monoisotopic (exact) mass is 248 g/mol. The van der Waals surface area contributed by atoms with Gasteiger partial charge in [-0.3, -0.25) is 4.98 Å². The van der Waals surface area contributed by atoms with Gasteiger partial charge in [-0.2, -0.15) is 0 Å². The summed E-state index contributed by atoms with van der Waals surface area (Å²) >= 11 is 0. The molecular weight excluding hydrogens is 232 g/mol. The van der Waals surface area contributed by atoms with Crippen molar-refractivity contribution < 1.29 is 0 Å². The number of aromatic nitrogens is 1. The number of hydrogen-bond donors (Lipinski definition) is 1. The Balaban J connectivity index is 0.00000144. The third-order valence-electron chi connectivity index (χ3n) is 2.68. The zero-order chi connectivity index (χ0) is 11.4. The van der Waals surface area contributed by atoms with Gasteiger partial charge >= 0.3 is 0 Å². The summed E-state index contributed by atoms with van der Waals surface area (Å²) in [5, 5.41) is 1.15. The first-order chi connectivity index (χ1) is 7.81. The van der Waals surface area contributed by atoms with Gasteiger partial charge in [-0.15, -0.1) is 19.0 Å². The molecule has 1 atom stereocenters. The number of hydrogen-bond acceptors (Lipinski definition) is 2. The molecule has 2 rings (SSSR count). The van der Waals surface area contributed by atoms with Crippen LogP contribution in [-0.2, 0) is 0 Å². The maximum absolute atomic E-state index is 6.06. The summed E-state index contributed by atoms with van der Waals surface area (Å²) in [6, 6.07) is 12.2. The molecule has 0 fully saturated rings. The van der Waals surface area contributed by atoms with Gasteiger partial charge in [0.15, 0.2) is 0 Å². The molecule has 2 nitrogen and oxygen atoms in total. The quantitative estimate of drug-likeness (QED) is 0.840. The van der Waals surface area contributed by atoms with Crippen LogP contribution in [0.3, 0.4) is 0 Å². The summed E-state index contributed by atoms with van der Waals surface area (Å²) in [5.74, 6) is 0. The van der Waals surface area contributed by atoms with Crippen LogP contribution >= 0.6 is 12.4 Å². The normalized spacial score (nSPS) is 11.8. The molecule has 0 aliphatic rings. The van der Waals surface area contributed by atoms with Gasteiger partial charge in [-0.1, -0.05) is 30.3 Å². The minimum atomic E-state index is 0. The lowest BCUT2D eigenvalue weighted by Gasteiger charge is -2.10. The SMILES string of the molecule is C=CCC[C@H](N)c1ccc2ccccc2n1.Cl. The minimum absolute atomic E-state index is 0. The third-order valence-corrected chi connectivity index (χ3v) is 2.68. The van der Waals surface area contributed by atoms with Crippen molar-refractivity contribution in [1.29, 1.82) is 0 Å². The first-order valence-corrected chi connectivity index (χ1v) is 5.53. The van der Waals surface area contributed by atoms with Crippen LogP contribution in [0.1, 0.15) is 24.6 Å². The average Bonchev–Trinajstić information content (AvgIpc) is 2.35. The van der Waals surface area contributed by atoms with E-state index in [1.165, 1.54) is 0 Å². The van der Waals surface area contributed by atoms with Gasteiger partial charge in [0.05, 0.1) is 11.2 Å². The molecular formula is C14H17ClN2. The van der Waals surface area contributed by atoms with Crippen LogP contribution in [-0.4, -0.2) is 4.98 Å². The largest absolute Gasteiger partial charge is 0.323 e. The maximum atomic E-state index is 6.06. The van der Waals surface area contributed by atoms with Gasteiger partial charge in [0.25, 0.3) is 0 Å². The third kappa shape index (κ3) is 3.29. The highest BCUT2D eigenvalue weighted by atomic mass is 35.5. The van der Waals surface area contributed by atoms with E-state index in [1.807, 2.05) is 30.3 Å². The van der Waals surface area contributed by atoms with Crippen molar-refractivity contribution in [2.75, 3.05) is 0 Å². The van der Waals surface area contributed by atoms with E-state index < -0.39 is 0 Å². The Bertz CT molecular complexity index is 496. The molecule has 0 aliphatic carbocycles. The van der Waals surface area contributed by atoms with E-state index in [-0.39, 0.29) is 18.4 Å². The van der Waals surface area contributed by atoms with Gasteiger partial charge < -0.3 is 5.73 Å². The number of nitrogens with two attached hydrogens (primary N) is 1. The Hall–Kier alpha value is -1.38. The summed E-state index contributed by atoms with van der Waals surface area (Å²) in [4.78, 5) is 4.57. The topological polar surface area (TPSA) is 38.9 Å². The van der Waals surface area contributed by atoms with E-state index in [0.717, 1.165) is 29.4 Å². The van der Waals surface area contributed by atoms with Crippen molar-refractivity contribution >= 4 is 23.3 Å². The molecule has 0 amide bonds. The fraction of sp³-hybridized carbons (Fsp3) is 0.214. The molecule has 0 bridgehead atoms. The minimum Gasteiger partial charge on any atom is -0.323 e. The van der Waals surface area contributed by atoms with Gasteiger partial charge in [0.2, 0.25) is 0 Å². The fourth-order valence-electron chi connectivity index (χ4n) is 1.73. The van der Waals surface area contributed by atoms with E-state index in [4.69, 9.17) is 5.73 Å². The first-order valence-electron chi connectivity index (χ1n) is 5.53. The Morgan fingerprint density at radius 2 is 2.00 bits per heavy atom. The number of halogens is 1. The standard InChI is InChI=1S/C14H16N2.ClH/c1-2-3-7-12(15)14-10-9-11-6-4-5-8-13(11)16-14;/h2,4-6,8-10,12H,1,3,7,15H2;1H/t12-;/m0./s1. The number of nitrogens with zero attached hydrogens (tertiary/aromatic N) is 1. The zero-order valence-corrected chi connectivity index (χ0v) is 10.5. The molecule has 2 aromatic rings. The Morgan fingerprint density at radius 3 is 2.76 bits per heavy atom. The lowest BCUT2D eigenvalue weighted by atomic mass is 10.1. The summed E-state index contributed by atoms with van der Waals surface area (Å²) in [6.45, 7) is 3.70. The predicted octanol–water partition coefficient (Wildman–Crippen LogP) is 3.62. The predicted molar refractivity (Wildman–Crippen MR) is 75.4 cm³/mol. The highest BCUT2D eigenvalue weighted by Crippen LogP contribution is 2.18. The second kappa shape index (κ2) is 6.38. The second-order valence-corrected chi connectivity index (χ2v) is 3.90. The Labute approximate surface area is 108 Å². The van der Waals surface area contributed by atoms with E-state index in [9.17, 15) is 0 Å². The summed E-state index contributed by atoms with van der Waals surface area (Å²) in [6.07, 6.45) is 3.71. The number of benzene rings is 1. The van der Waals surface area contributed by atoms with Crippen molar-refractivity contribution in [3.8, 4) is 0 Å². The van der Waals surface area contributed by atoms with Crippen LogP contribution < -0.4 is 5.73 Å². The summed E-state index contributed by atoms with van der Waals surface area (Å²) in [7, 11) is 0.